The molecule has 0 unspecified atom stereocenters. The van der Waals surface area contributed by atoms with E-state index in [-0.39, 0.29) is 24.4 Å². The monoisotopic (exact) mass is 403 g/mol. The largest absolute Gasteiger partial charge is 0.353 e. The molecule has 0 saturated heterocycles. The maximum absolute atomic E-state index is 12.0. The zero-order chi connectivity index (χ0) is 18.2. The molecule has 0 aliphatic rings. The number of hydrogen-bond donors (Lipinski definition) is 2. The number of carbonyl (C=O) groups is 2. The highest BCUT2D eigenvalue weighted by Crippen LogP contribution is 2.16. The van der Waals surface area contributed by atoms with Gasteiger partial charge in [-0.3, -0.25) is 9.59 Å². The lowest BCUT2D eigenvalue weighted by Gasteiger charge is -2.25. The van der Waals surface area contributed by atoms with Crippen LogP contribution in [0.15, 0.2) is 59.1 Å². The van der Waals surface area contributed by atoms with Crippen molar-refractivity contribution in [2.75, 3.05) is 27.2 Å². The highest BCUT2D eigenvalue weighted by molar-refractivity contribution is 9.10. The molecule has 2 rings (SSSR count). The van der Waals surface area contributed by atoms with E-state index in [2.05, 4.69) is 31.5 Å². The molecule has 2 amide bonds. The number of carbonyl (C=O) groups excluding carboxylic acids is 2. The number of amides is 2. The summed E-state index contributed by atoms with van der Waals surface area (Å²) in [5.41, 5.74) is 1.65. The van der Waals surface area contributed by atoms with E-state index >= 15 is 0 Å². The fraction of sp³-hybridized carbons (Fsp3) is 0.263. The van der Waals surface area contributed by atoms with Crippen LogP contribution in [-0.4, -0.2) is 43.9 Å². The summed E-state index contributed by atoms with van der Waals surface area (Å²) in [6.07, 6.45) is 0. The van der Waals surface area contributed by atoms with E-state index in [4.69, 9.17) is 0 Å². The Morgan fingerprint density at radius 3 is 2.24 bits per heavy atom. The third-order valence-corrected chi connectivity index (χ3v) is 4.34. The second kappa shape index (κ2) is 9.34. The van der Waals surface area contributed by atoms with Crippen LogP contribution in [0.25, 0.3) is 0 Å². The van der Waals surface area contributed by atoms with E-state index in [0.717, 1.165) is 10.0 Å². The summed E-state index contributed by atoms with van der Waals surface area (Å²) in [6.45, 7) is 0.424. The fourth-order valence-electron chi connectivity index (χ4n) is 2.41. The molecule has 0 aliphatic carbocycles. The van der Waals surface area contributed by atoms with Gasteiger partial charge in [-0.2, -0.15) is 0 Å². The normalized spacial score (nSPS) is 11.8. The summed E-state index contributed by atoms with van der Waals surface area (Å²) in [7, 11) is 3.94. The SMILES string of the molecule is CN(C)[C@@H](CNC(=O)CNC(=O)c1ccc(Br)cc1)c1ccccc1. The van der Waals surface area contributed by atoms with Gasteiger partial charge in [-0.05, 0) is 43.9 Å². The molecule has 0 saturated carbocycles. The molecule has 1 atom stereocenters. The van der Waals surface area contributed by atoms with Gasteiger partial charge in [0.05, 0.1) is 12.6 Å². The first-order valence-corrected chi connectivity index (χ1v) is 8.78. The molecular formula is C19H22BrN3O2. The Bertz CT molecular complexity index is 702. The van der Waals surface area contributed by atoms with Crippen molar-refractivity contribution in [3.8, 4) is 0 Å². The Morgan fingerprint density at radius 2 is 1.64 bits per heavy atom. The molecule has 0 fully saturated rings. The second-order valence-corrected chi connectivity index (χ2v) is 6.80. The lowest BCUT2D eigenvalue weighted by molar-refractivity contribution is -0.120. The summed E-state index contributed by atoms with van der Waals surface area (Å²) in [4.78, 5) is 26.1. The fourth-order valence-corrected chi connectivity index (χ4v) is 2.67. The van der Waals surface area contributed by atoms with E-state index < -0.39 is 0 Å². The van der Waals surface area contributed by atoms with Gasteiger partial charge in [-0.25, -0.2) is 0 Å². The Morgan fingerprint density at radius 1 is 1.00 bits per heavy atom. The Labute approximate surface area is 156 Å². The smallest absolute Gasteiger partial charge is 0.251 e. The second-order valence-electron chi connectivity index (χ2n) is 5.88. The topological polar surface area (TPSA) is 61.4 Å². The molecule has 5 nitrogen and oxygen atoms in total. The van der Waals surface area contributed by atoms with Crippen LogP contribution >= 0.6 is 15.9 Å². The van der Waals surface area contributed by atoms with Crippen molar-refractivity contribution in [2.24, 2.45) is 0 Å². The standard InChI is InChI=1S/C19H22BrN3O2/c1-23(2)17(14-6-4-3-5-7-14)12-21-18(24)13-22-19(25)15-8-10-16(20)11-9-15/h3-11,17H,12-13H2,1-2H3,(H,21,24)(H,22,25)/t17-/m0/s1. The molecule has 0 aliphatic heterocycles. The quantitative estimate of drug-likeness (QED) is 0.746. The zero-order valence-corrected chi connectivity index (χ0v) is 15.9. The first kappa shape index (κ1) is 19.1. The maximum atomic E-state index is 12.0. The molecule has 2 N–H and O–H groups in total. The van der Waals surface area contributed by atoms with Gasteiger partial charge < -0.3 is 15.5 Å². The number of benzene rings is 2. The highest BCUT2D eigenvalue weighted by atomic mass is 79.9. The minimum Gasteiger partial charge on any atom is -0.353 e. The first-order chi connectivity index (χ1) is 12.0. The van der Waals surface area contributed by atoms with E-state index in [1.807, 2.05) is 44.4 Å². The Kier molecular flexibility index (Phi) is 7.16. The molecule has 0 radical (unpaired) electrons. The number of hydrogen-bond acceptors (Lipinski definition) is 3. The van der Waals surface area contributed by atoms with Crippen LogP contribution in [0.5, 0.6) is 0 Å². The van der Waals surface area contributed by atoms with Crippen LogP contribution in [0, 0.1) is 0 Å². The van der Waals surface area contributed by atoms with Crippen molar-refractivity contribution in [1.29, 1.82) is 0 Å². The van der Waals surface area contributed by atoms with Crippen molar-refractivity contribution in [2.45, 2.75) is 6.04 Å². The van der Waals surface area contributed by atoms with Crippen LogP contribution in [0.1, 0.15) is 22.0 Å². The lowest BCUT2D eigenvalue weighted by atomic mass is 10.1. The van der Waals surface area contributed by atoms with Crippen molar-refractivity contribution < 1.29 is 9.59 Å². The molecular weight excluding hydrogens is 382 g/mol. The molecule has 0 spiro atoms. The minimum atomic E-state index is -0.269. The van der Waals surface area contributed by atoms with Crippen LogP contribution < -0.4 is 10.6 Å². The molecule has 0 heterocycles. The summed E-state index contributed by atoms with van der Waals surface area (Å²) in [6, 6.07) is 17.0. The third-order valence-electron chi connectivity index (χ3n) is 3.82. The number of rotatable bonds is 7. The van der Waals surface area contributed by atoms with Gasteiger partial charge >= 0.3 is 0 Å². The minimum absolute atomic E-state index is 0.0518. The predicted octanol–water partition coefficient (Wildman–Crippen LogP) is 2.60. The summed E-state index contributed by atoms with van der Waals surface area (Å²) >= 11 is 3.32. The highest BCUT2D eigenvalue weighted by Gasteiger charge is 2.15. The summed E-state index contributed by atoms with van der Waals surface area (Å²) in [5, 5.41) is 5.51. The van der Waals surface area contributed by atoms with Crippen LogP contribution in [-0.2, 0) is 4.79 Å². The predicted molar refractivity (Wildman–Crippen MR) is 102 cm³/mol. The number of nitrogens with zero attached hydrogens (tertiary/aromatic N) is 1. The van der Waals surface area contributed by atoms with Gasteiger partial charge in [0, 0.05) is 16.6 Å². The van der Waals surface area contributed by atoms with Crippen LogP contribution in [0.3, 0.4) is 0 Å². The van der Waals surface area contributed by atoms with Gasteiger partial charge in [-0.15, -0.1) is 0 Å². The van der Waals surface area contributed by atoms with Crippen LogP contribution in [0.4, 0.5) is 0 Å². The number of nitrogens with one attached hydrogen (secondary N) is 2. The third kappa shape index (κ3) is 5.99. The first-order valence-electron chi connectivity index (χ1n) is 7.99. The van der Waals surface area contributed by atoms with Crippen molar-refractivity contribution in [3.63, 3.8) is 0 Å². The van der Waals surface area contributed by atoms with E-state index in [9.17, 15) is 9.59 Å². The maximum Gasteiger partial charge on any atom is 0.251 e. The molecule has 2 aromatic rings. The van der Waals surface area contributed by atoms with Crippen LogP contribution in [0.2, 0.25) is 0 Å². The molecule has 132 valence electrons. The number of halogens is 1. The van der Waals surface area contributed by atoms with Gasteiger partial charge in [0.2, 0.25) is 5.91 Å². The number of likely N-dealkylation sites (N-methyl/N-ethyl adjacent to an activating group) is 1. The molecule has 2 aromatic carbocycles. The van der Waals surface area contributed by atoms with Gasteiger partial charge in [-0.1, -0.05) is 46.3 Å². The Hall–Kier alpha value is -2.18. The van der Waals surface area contributed by atoms with Gasteiger partial charge in [0.1, 0.15) is 0 Å². The van der Waals surface area contributed by atoms with E-state index in [1.54, 1.807) is 24.3 Å². The summed E-state index contributed by atoms with van der Waals surface area (Å²) < 4.78 is 0.900. The van der Waals surface area contributed by atoms with Gasteiger partial charge in [0.15, 0.2) is 0 Å². The molecule has 0 aromatic heterocycles. The Balaban J connectivity index is 1.83. The van der Waals surface area contributed by atoms with Crippen molar-refractivity contribution >= 4 is 27.7 Å². The average Bonchev–Trinajstić information content (AvgIpc) is 2.61. The lowest BCUT2D eigenvalue weighted by Crippen LogP contribution is -2.40. The molecule has 25 heavy (non-hydrogen) atoms. The van der Waals surface area contributed by atoms with Crippen molar-refractivity contribution in [1.82, 2.24) is 15.5 Å². The zero-order valence-electron chi connectivity index (χ0n) is 14.3. The van der Waals surface area contributed by atoms with E-state index in [0.29, 0.717) is 12.1 Å². The summed E-state index contributed by atoms with van der Waals surface area (Å²) in [5.74, 6) is -0.483. The average molecular weight is 404 g/mol. The van der Waals surface area contributed by atoms with Crippen molar-refractivity contribution in [3.05, 3.63) is 70.2 Å². The molecule has 6 heteroatoms. The van der Waals surface area contributed by atoms with E-state index in [1.165, 1.54) is 0 Å². The van der Waals surface area contributed by atoms with Gasteiger partial charge in [0.25, 0.3) is 5.91 Å². The molecule has 0 bridgehead atoms.